The van der Waals surface area contributed by atoms with E-state index in [1.165, 1.54) is 22.3 Å². The number of rotatable bonds is 24. The van der Waals surface area contributed by atoms with Gasteiger partial charge >= 0.3 is 0 Å². The van der Waals surface area contributed by atoms with Crippen LogP contribution in [0, 0.1) is 0 Å². The van der Waals surface area contributed by atoms with Crippen molar-refractivity contribution in [2.24, 2.45) is 0 Å². The third-order valence-corrected chi connectivity index (χ3v) is 16.2. The van der Waals surface area contributed by atoms with Crippen LogP contribution in [0.25, 0.3) is 0 Å². The number of benzene rings is 4. The number of ether oxygens (including phenoxy) is 2. The molecule has 0 bridgehead atoms. The molecule has 4 N–H and O–H groups in total. The van der Waals surface area contributed by atoms with Crippen LogP contribution in [-0.4, -0.2) is 122 Å². The van der Waals surface area contributed by atoms with Crippen molar-refractivity contribution in [2.75, 3.05) is 40.4 Å². The number of likely N-dealkylation sites (tertiary alicyclic amines) is 2. The van der Waals surface area contributed by atoms with Gasteiger partial charge in [0.2, 0.25) is 23.6 Å². The number of halogens is 2. The average molecular weight is 1110 g/mol. The number of Topliss-reactive ketones (excluding diaryl/α,β-unsaturated/α-hetero) is 2. The first-order chi connectivity index (χ1) is 36.9. The van der Waals surface area contributed by atoms with E-state index in [1.54, 1.807) is 37.7 Å². The molecule has 78 heavy (non-hydrogen) atoms. The molecule has 0 saturated carbocycles. The molecule has 4 aliphatic rings. The SMILES string of the molecule is CN[C@@H](C)C(=O)N[C@@H](Cc1ccc(OC/C=C\COc2ccc(C[C@H](NC(=O)[C@H](C)NC)C(=O)N3CCCC3C(=O)C[C@@H]3CCCc4ccccc43)cc2)cc1)C(=O)N1CCCC1C(=O)C[C@@H]1CCCc2ccccc21.Cl.Cl. The highest BCUT2D eigenvalue weighted by molar-refractivity contribution is 5.95. The molecule has 4 aromatic rings. The molecule has 2 saturated heterocycles. The number of nitrogens with zero attached hydrogens (tertiary/aromatic N) is 2. The van der Waals surface area contributed by atoms with Gasteiger partial charge in [-0.25, -0.2) is 0 Å². The molecule has 2 unspecified atom stereocenters. The summed E-state index contributed by atoms with van der Waals surface area (Å²) in [5, 5.41) is 11.9. The van der Waals surface area contributed by atoms with Gasteiger partial charge < -0.3 is 40.5 Å². The monoisotopic (exact) mass is 1110 g/mol. The Morgan fingerprint density at radius 1 is 0.538 bits per heavy atom. The average Bonchev–Trinajstić information content (AvgIpc) is 4.16. The number of likely N-dealkylation sites (N-methyl/N-ethyl adjacent to an activating group) is 2. The van der Waals surface area contributed by atoms with Crippen LogP contribution >= 0.6 is 24.8 Å². The third kappa shape index (κ3) is 15.8. The number of fused-ring (bicyclic) bond motifs is 2. The van der Waals surface area contributed by atoms with Gasteiger partial charge in [-0.05, 0) is 174 Å². The van der Waals surface area contributed by atoms with Crippen molar-refractivity contribution in [1.82, 2.24) is 31.1 Å². The molecule has 420 valence electrons. The molecule has 8 rings (SSSR count). The Kier molecular flexibility index (Phi) is 23.4. The van der Waals surface area contributed by atoms with Crippen LogP contribution in [0.2, 0.25) is 0 Å². The minimum atomic E-state index is -0.847. The van der Waals surface area contributed by atoms with Gasteiger partial charge in [0.1, 0.15) is 36.8 Å². The summed E-state index contributed by atoms with van der Waals surface area (Å²) >= 11 is 0. The van der Waals surface area contributed by atoms with E-state index in [0.717, 1.165) is 62.5 Å². The van der Waals surface area contributed by atoms with E-state index in [0.29, 0.717) is 63.5 Å². The minimum Gasteiger partial charge on any atom is -0.490 e. The summed E-state index contributed by atoms with van der Waals surface area (Å²) in [6, 6.07) is 28.0. The van der Waals surface area contributed by atoms with E-state index in [2.05, 4.69) is 57.7 Å². The van der Waals surface area contributed by atoms with E-state index in [-0.39, 0.29) is 84.7 Å². The fourth-order valence-electron chi connectivity index (χ4n) is 11.6. The molecule has 14 nitrogen and oxygen atoms in total. The molecule has 0 spiro atoms. The summed E-state index contributed by atoms with van der Waals surface area (Å²) in [6.45, 7) is 5.04. The van der Waals surface area contributed by atoms with E-state index in [1.807, 2.05) is 72.8 Å². The van der Waals surface area contributed by atoms with Crippen molar-refractivity contribution in [1.29, 1.82) is 0 Å². The van der Waals surface area contributed by atoms with Gasteiger partial charge in [-0.3, -0.25) is 28.8 Å². The second-order valence-electron chi connectivity index (χ2n) is 21.2. The van der Waals surface area contributed by atoms with Crippen molar-refractivity contribution in [2.45, 2.75) is 152 Å². The lowest BCUT2D eigenvalue weighted by atomic mass is 9.79. The van der Waals surface area contributed by atoms with Crippen LogP contribution in [0.1, 0.15) is 123 Å². The maximum Gasteiger partial charge on any atom is 0.246 e. The third-order valence-electron chi connectivity index (χ3n) is 16.2. The lowest BCUT2D eigenvalue weighted by Crippen LogP contribution is -2.55. The Balaban J connectivity index is 0.00000492. The summed E-state index contributed by atoms with van der Waals surface area (Å²) in [7, 11) is 3.40. The highest BCUT2D eigenvalue weighted by Gasteiger charge is 2.41. The van der Waals surface area contributed by atoms with Crippen LogP contribution in [0.3, 0.4) is 0 Å². The topological polar surface area (TPSA) is 175 Å². The summed E-state index contributed by atoms with van der Waals surface area (Å²) in [4.78, 5) is 86.2. The van der Waals surface area contributed by atoms with Gasteiger partial charge in [-0.15, -0.1) is 24.8 Å². The van der Waals surface area contributed by atoms with E-state index >= 15 is 0 Å². The maximum absolute atomic E-state index is 14.3. The molecule has 2 aliphatic heterocycles. The Morgan fingerprint density at radius 3 is 1.31 bits per heavy atom. The fraction of sp³-hybridized carbons (Fsp3) is 0.484. The zero-order valence-corrected chi connectivity index (χ0v) is 47.3. The van der Waals surface area contributed by atoms with Crippen LogP contribution in [-0.2, 0) is 54.5 Å². The van der Waals surface area contributed by atoms with Gasteiger partial charge in [-0.1, -0.05) is 72.8 Å². The smallest absolute Gasteiger partial charge is 0.246 e. The quantitative estimate of drug-likeness (QED) is 0.0504. The van der Waals surface area contributed by atoms with Gasteiger partial charge in [0.15, 0.2) is 11.6 Å². The van der Waals surface area contributed by atoms with E-state index in [4.69, 9.17) is 9.47 Å². The highest BCUT2D eigenvalue weighted by atomic mass is 35.5. The number of nitrogens with one attached hydrogen (secondary N) is 4. The number of carbonyl (C=O) groups excluding carboxylic acids is 6. The van der Waals surface area contributed by atoms with Crippen molar-refractivity contribution >= 4 is 60.0 Å². The predicted molar refractivity (Wildman–Crippen MR) is 309 cm³/mol. The highest BCUT2D eigenvalue weighted by Crippen LogP contribution is 2.37. The summed E-state index contributed by atoms with van der Waals surface area (Å²) in [5.41, 5.74) is 6.82. The first kappa shape index (κ1) is 61.2. The number of hydrogen-bond acceptors (Lipinski definition) is 10. The zero-order chi connectivity index (χ0) is 53.6. The molecule has 4 amide bonds. The van der Waals surface area contributed by atoms with Crippen LogP contribution in [0.4, 0.5) is 0 Å². The number of aryl methyl sites for hydroxylation is 2. The molecule has 0 aromatic heterocycles. The second kappa shape index (κ2) is 29.8. The number of ketones is 2. The molecular weight excluding hydrogens is 1030 g/mol. The van der Waals surface area contributed by atoms with Crippen molar-refractivity contribution in [3.05, 3.63) is 143 Å². The summed E-state index contributed by atoms with van der Waals surface area (Å²) in [5.74, 6) is 0.733. The second-order valence-corrected chi connectivity index (χ2v) is 21.2. The normalized spacial score (nSPS) is 20.2. The Morgan fingerprint density at radius 2 is 0.923 bits per heavy atom. The maximum atomic E-state index is 14.3. The van der Waals surface area contributed by atoms with E-state index in [9.17, 15) is 28.8 Å². The lowest BCUT2D eigenvalue weighted by molar-refractivity contribution is -0.141. The van der Waals surface area contributed by atoms with Gasteiger partial charge in [0.05, 0.1) is 24.2 Å². The number of hydrogen-bond donors (Lipinski definition) is 4. The molecule has 16 heteroatoms. The summed E-state index contributed by atoms with van der Waals surface area (Å²) in [6.07, 6.45) is 13.9. The Labute approximate surface area is 473 Å². The molecule has 2 fully saturated rings. The largest absolute Gasteiger partial charge is 0.490 e. The van der Waals surface area contributed by atoms with Crippen molar-refractivity contribution in [3.8, 4) is 11.5 Å². The van der Waals surface area contributed by atoms with Crippen molar-refractivity contribution in [3.63, 3.8) is 0 Å². The van der Waals surface area contributed by atoms with E-state index < -0.39 is 36.3 Å². The zero-order valence-electron chi connectivity index (χ0n) is 45.7. The molecule has 4 aromatic carbocycles. The van der Waals surface area contributed by atoms with Crippen LogP contribution in [0.15, 0.2) is 109 Å². The minimum absolute atomic E-state index is 0. The molecule has 8 atom stereocenters. The lowest BCUT2D eigenvalue weighted by Gasteiger charge is -2.31. The standard InChI is InChI=1S/C62H78N6O8.2ClH/c1-41(63-3)59(71)65-53(61(73)67-33-13-23-55(67)57(69)39-47-19-11-17-45-15-5-7-21-51(45)47)37-43-25-29-49(30-26-43)75-35-9-10-36-76-50-31-27-44(28-32-50)38-54(66-60(72)42(2)64-4)62(74)68-34-14-24-56(68)58(70)40-48-20-12-18-46-16-6-8-22-52(46)48;;/h5-10,15-16,21-22,25-32,41-42,47-48,53-56,63-64H,11-14,17-20,23-24,33-40H2,1-4H3,(H,65,71)(H,66,72);2*1H/b10-9-;;/t41-,42-,47-,48-,53-,54-,55?,56?;;/m0../s1. The molecule has 2 aliphatic carbocycles. The number of amides is 4. The van der Waals surface area contributed by atoms with Crippen LogP contribution < -0.4 is 30.7 Å². The molecular formula is C62H80Cl2N6O8. The van der Waals surface area contributed by atoms with Gasteiger partial charge in [0.25, 0.3) is 0 Å². The first-order valence-electron chi connectivity index (χ1n) is 27.8. The fourth-order valence-corrected chi connectivity index (χ4v) is 11.6. The first-order valence-corrected chi connectivity index (χ1v) is 27.8. The molecule has 2 heterocycles. The van der Waals surface area contributed by atoms with Gasteiger partial charge in [0, 0.05) is 38.8 Å². The number of carbonyl (C=O) groups is 6. The predicted octanol–water partition coefficient (Wildman–Crippen LogP) is 7.96. The van der Waals surface area contributed by atoms with Crippen LogP contribution in [0.5, 0.6) is 11.5 Å². The van der Waals surface area contributed by atoms with Crippen molar-refractivity contribution < 1.29 is 38.2 Å². The Bertz CT molecular complexity index is 2500. The van der Waals surface area contributed by atoms with Gasteiger partial charge in [-0.2, -0.15) is 0 Å². The molecule has 0 radical (unpaired) electrons. The summed E-state index contributed by atoms with van der Waals surface area (Å²) < 4.78 is 12.0. The Hall–Kier alpha value is -6.06.